The highest BCUT2D eigenvalue weighted by atomic mass is 32.2. The van der Waals surface area contributed by atoms with Crippen molar-refractivity contribution >= 4 is 45.6 Å². The number of hydrogen-bond donors (Lipinski definition) is 2. The number of aromatic nitrogens is 2. The lowest BCUT2D eigenvalue weighted by Gasteiger charge is -2.37. The van der Waals surface area contributed by atoms with Crippen LogP contribution in [-0.4, -0.2) is 79.2 Å². The fourth-order valence-electron chi connectivity index (χ4n) is 4.99. The summed E-state index contributed by atoms with van der Waals surface area (Å²) in [6.07, 6.45) is 1.47. The fraction of sp³-hybridized carbons (Fsp3) is 0.536. The molecule has 1 aliphatic rings. The van der Waals surface area contributed by atoms with Crippen molar-refractivity contribution < 1.29 is 27.5 Å². The second-order valence-electron chi connectivity index (χ2n) is 10.6. The maximum absolute atomic E-state index is 14.3. The Kier molecular flexibility index (Phi) is 11.2. The number of nitrogens with zero attached hydrogens (tertiary/aromatic N) is 5. The van der Waals surface area contributed by atoms with E-state index in [4.69, 9.17) is 10.5 Å². The summed E-state index contributed by atoms with van der Waals surface area (Å²) in [7, 11) is -2.26. The molecule has 2 unspecified atom stereocenters. The Morgan fingerprint density at radius 2 is 1.88 bits per heavy atom. The average molecular weight is 604 g/mol. The van der Waals surface area contributed by atoms with E-state index in [1.54, 1.807) is 18.7 Å². The van der Waals surface area contributed by atoms with Gasteiger partial charge in [-0.25, -0.2) is 32.7 Å². The smallest absolute Gasteiger partial charge is 0.328 e. The van der Waals surface area contributed by atoms with E-state index < -0.39 is 40.3 Å². The number of benzene rings is 1. The first-order valence-electron chi connectivity index (χ1n) is 14.0. The molecular weight excluding hydrogens is 562 g/mol. The summed E-state index contributed by atoms with van der Waals surface area (Å²) in [6, 6.07) is 6.75. The van der Waals surface area contributed by atoms with Gasteiger partial charge in [0.2, 0.25) is 10.0 Å². The molecule has 1 aromatic carbocycles. The monoisotopic (exact) mass is 603 g/mol. The number of anilines is 3. The normalized spacial score (nSPS) is 16.2. The molecule has 3 N–H and O–H groups in total. The molecule has 0 aliphatic carbocycles. The number of carbonyl (C=O) groups excluding carboxylic acids is 3. The fourth-order valence-corrected chi connectivity index (χ4v) is 6.26. The van der Waals surface area contributed by atoms with Gasteiger partial charge in [-0.15, -0.1) is 0 Å². The van der Waals surface area contributed by atoms with E-state index in [1.807, 2.05) is 44.2 Å². The molecule has 0 radical (unpaired) electrons. The molecule has 0 spiro atoms. The highest BCUT2D eigenvalue weighted by molar-refractivity contribution is 7.89. The summed E-state index contributed by atoms with van der Waals surface area (Å²) in [6.45, 7) is 7.70. The topological polar surface area (TPSA) is 168 Å². The maximum atomic E-state index is 14.3. The van der Waals surface area contributed by atoms with Crippen LogP contribution in [0.25, 0.3) is 0 Å². The van der Waals surface area contributed by atoms with Crippen LogP contribution < -0.4 is 20.3 Å². The van der Waals surface area contributed by atoms with Crippen molar-refractivity contribution in [3.8, 4) is 0 Å². The first-order chi connectivity index (χ1) is 19.9. The Balaban J connectivity index is 2.12. The molecule has 1 aliphatic heterocycles. The zero-order valence-corrected chi connectivity index (χ0v) is 25.6. The molecule has 2 aromatic rings. The van der Waals surface area contributed by atoms with Gasteiger partial charge < -0.3 is 25.1 Å². The van der Waals surface area contributed by atoms with Gasteiger partial charge in [0.25, 0.3) is 0 Å². The maximum Gasteiger partial charge on any atom is 0.328 e. The minimum Gasteiger partial charge on any atom is -0.464 e. The molecule has 3 rings (SSSR count). The van der Waals surface area contributed by atoms with Gasteiger partial charge in [-0.05, 0) is 31.2 Å². The van der Waals surface area contributed by atoms with Crippen molar-refractivity contribution in [2.45, 2.75) is 71.8 Å². The number of hydrogen-bond acceptors (Lipinski definition) is 10. The van der Waals surface area contributed by atoms with Gasteiger partial charge in [0, 0.05) is 20.0 Å². The molecule has 13 nitrogen and oxygen atoms in total. The third kappa shape index (κ3) is 7.73. The van der Waals surface area contributed by atoms with Gasteiger partial charge >= 0.3 is 12.0 Å². The molecule has 2 heterocycles. The van der Waals surface area contributed by atoms with Crippen LogP contribution in [0.3, 0.4) is 0 Å². The number of likely N-dealkylation sites (N-methyl/N-ethyl adjacent to an activating group) is 1. The van der Waals surface area contributed by atoms with Crippen molar-refractivity contribution in [1.29, 1.82) is 0 Å². The summed E-state index contributed by atoms with van der Waals surface area (Å²) in [5.41, 5.74) is 7.42. The molecule has 0 saturated heterocycles. The first-order valence-corrected chi connectivity index (χ1v) is 15.7. The summed E-state index contributed by atoms with van der Waals surface area (Å²) >= 11 is 0. The zero-order valence-electron chi connectivity index (χ0n) is 24.8. The largest absolute Gasteiger partial charge is 0.464 e. The van der Waals surface area contributed by atoms with Crippen molar-refractivity contribution in [2.75, 3.05) is 34.9 Å². The van der Waals surface area contributed by atoms with E-state index in [-0.39, 0.29) is 42.7 Å². The SMILES string of the molecule is CCCS(=O)(=O)NC(C=O)CC1N(Cc2ccccc2)c2ncnc(N)c2N1C(=O)N(C)[C@@H](CC(C)C)C(=O)OCC. The van der Waals surface area contributed by atoms with Crippen LogP contribution in [0, 0.1) is 5.92 Å². The lowest BCUT2D eigenvalue weighted by Crippen LogP contribution is -2.56. The quantitative estimate of drug-likeness (QED) is 0.242. The molecule has 0 bridgehead atoms. The highest BCUT2D eigenvalue weighted by Crippen LogP contribution is 2.44. The van der Waals surface area contributed by atoms with Gasteiger partial charge in [0.1, 0.15) is 30.5 Å². The number of nitrogens with two attached hydrogens (primary N) is 1. The first kappa shape index (κ1) is 32.7. The van der Waals surface area contributed by atoms with Crippen LogP contribution in [0.15, 0.2) is 36.7 Å². The number of nitrogen functional groups attached to an aromatic ring is 1. The van der Waals surface area contributed by atoms with Gasteiger partial charge in [-0.1, -0.05) is 51.1 Å². The van der Waals surface area contributed by atoms with Gasteiger partial charge in [0.15, 0.2) is 11.6 Å². The van der Waals surface area contributed by atoms with Crippen LogP contribution in [0.4, 0.5) is 22.1 Å². The van der Waals surface area contributed by atoms with Crippen LogP contribution in [0.2, 0.25) is 0 Å². The molecule has 3 atom stereocenters. The van der Waals surface area contributed by atoms with Gasteiger partial charge in [-0.3, -0.25) is 4.90 Å². The van der Waals surface area contributed by atoms with E-state index >= 15 is 0 Å². The minimum atomic E-state index is -3.76. The number of carbonyl (C=O) groups is 3. The van der Waals surface area contributed by atoms with E-state index in [1.165, 1.54) is 23.2 Å². The lowest BCUT2D eigenvalue weighted by molar-refractivity contribution is -0.148. The number of aldehydes is 1. The van der Waals surface area contributed by atoms with Crippen LogP contribution in [0.1, 0.15) is 52.5 Å². The highest BCUT2D eigenvalue weighted by Gasteiger charge is 2.46. The number of ether oxygens (including phenoxy) is 1. The number of sulfonamides is 1. The minimum absolute atomic E-state index is 0.0214. The van der Waals surface area contributed by atoms with Crippen molar-refractivity contribution in [3.63, 3.8) is 0 Å². The predicted molar refractivity (Wildman–Crippen MR) is 160 cm³/mol. The lowest BCUT2D eigenvalue weighted by atomic mass is 10.0. The molecule has 0 saturated carbocycles. The Morgan fingerprint density at radius 3 is 2.48 bits per heavy atom. The van der Waals surface area contributed by atoms with E-state index in [2.05, 4.69) is 14.7 Å². The standard InChI is InChI=1S/C28H41N7O6S/c1-6-13-42(39,40)32-21(17-36)15-23-34(16-20-11-9-8-10-12-20)26-24(25(29)30-18-31-26)35(23)28(38)33(5)22(14-19(3)4)27(37)41-7-2/h8-12,17-19,21-23,32H,6-7,13-16H2,1-5H3,(H2,29,30,31)/t21?,22-,23?/m0/s1. The summed E-state index contributed by atoms with van der Waals surface area (Å²) in [5.74, 6) is -0.277. The van der Waals surface area contributed by atoms with Crippen LogP contribution in [0.5, 0.6) is 0 Å². The van der Waals surface area contributed by atoms with Gasteiger partial charge in [0.05, 0.1) is 18.4 Å². The number of nitrogens with one attached hydrogen (secondary N) is 1. The predicted octanol–water partition coefficient (Wildman–Crippen LogP) is 2.53. The molecule has 230 valence electrons. The second-order valence-corrected chi connectivity index (χ2v) is 12.5. The number of rotatable bonds is 14. The average Bonchev–Trinajstić information content (AvgIpc) is 3.24. The Hall–Kier alpha value is -3.78. The molecule has 1 aromatic heterocycles. The van der Waals surface area contributed by atoms with Crippen LogP contribution >= 0.6 is 0 Å². The molecule has 2 amide bonds. The van der Waals surface area contributed by atoms with Crippen LogP contribution in [-0.2, 0) is 30.9 Å². The summed E-state index contributed by atoms with van der Waals surface area (Å²) in [4.78, 5) is 52.5. The number of urea groups is 1. The Bertz CT molecular complexity index is 1340. The van der Waals surface area contributed by atoms with E-state index in [9.17, 15) is 22.8 Å². The number of fused-ring (bicyclic) bond motifs is 1. The van der Waals surface area contributed by atoms with Crippen molar-refractivity contribution in [3.05, 3.63) is 42.2 Å². The third-order valence-electron chi connectivity index (χ3n) is 6.86. The molecule has 42 heavy (non-hydrogen) atoms. The van der Waals surface area contributed by atoms with Crippen molar-refractivity contribution in [1.82, 2.24) is 19.6 Å². The Morgan fingerprint density at radius 1 is 1.19 bits per heavy atom. The van der Waals surface area contributed by atoms with E-state index in [0.29, 0.717) is 24.9 Å². The third-order valence-corrected chi connectivity index (χ3v) is 8.47. The van der Waals surface area contributed by atoms with Gasteiger partial charge in [-0.2, -0.15) is 0 Å². The van der Waals surface area contributed by atoms with Crippen molar-refractivity contribution in [2.24, 2.45) is 5.92 Å². The molecule has 0 fully saturated rings. The zero-order chi connectivity index (χ0) is 31.0. The Labute approximate surface area is 247 Å². The molecule has 14 heteroatoms. The van der Waals surface area contributed by atoms with E-state index in [0.717, 1.165) is 5.56 Å². The number of esters is 1. The molecular formula is C28H41N7O6S. The number of amides is 2. The second kappa shape index (κ2) is 14.4. The summed E-state index contributed by atoms with van der Waals surface area (Å²) < 4.78 is 32.9. The summed E-state index contributed by atoms with van der Waals surface area (Å²) in [5, 5.41) is 0.